The molecule has 0 aliphatic heterocycles. The summed E-state index contributed by atoms with van der Waals surface area (Å²) in [6, 6.07) is 0. The van der Waals surface area contributed by atoms with Crippen LogP contribution in [0.25, 0.3) is 0 Å². The maximum absolute atomic E-state index is 11.3. The van der Waals surface area contributed by atoms with Gasteiger partial charge in [-0.3, -0.25) is 0 Å². The van der Waals surface area contributed by atoms with E-state index in [9.17, 15) is 4.21 Å². The lowest BCUT2D eigenvalue weighted by Crippen LogP contribution is -2.19. The van der Waals surface area contributed by atoms with Gasteiger partial charge in [-0.1, -0.05) is 13.3 Å². The third kappa shape index (κ3) is 5.13. The molecule has 0 aliphatic carbocycles. The van der Waals surface area contributed by atoms with E-state index in [1.165, 1.54) is 0 Å². The Hall–Kier alpha value is -0.180. The fraction of sp³-hybridized carbons (Fsp3) is 0.875. The largest absolute Gasteiger partial charge is 0.234 e. The van der Waals surface area contributed by atoms with Crippen LogP contribution in [0.4, 0.5) is 0 Å². The molecule has 0 aromatic rings. The molecule has 0 bridgehead atoms. The van der Waals surface area contributed by atoms with Crippen LogP contribution in [-0.4, -0.2) is 15.2 Å². The molecule has 0 radical (unpaired) electrons. The average molecular weight is 175 g/mol. The number of nitrogens with zero attached hydrogens (tertiary/aromatic N) is 1. The predicted octanol–water partition coefficient (Wildman–Crippen LogP) is 2.32. The van der Waals surface area contributed by atoms with Gasteiger partial charge in [0.2, 0.25) is 0 Å². The highest BCUT2D eigenvalue weighted by atomic mass is 32.2. The molecule has 0 aromatic carbocycles. The smallest absolute Gasteiger partial charge is 0.144 e. The van der Waals surface area contributed by atoms with Crippen LogP contribution in [0.1, 0.15) is 40.5 Å². The molecule has 3 heteroatoms. The number of hydrogen-bond donors (Lipinski definition) is 0. The minimum atomic E-state index is -1.07. The molecule has 0 heterocycles. The zero-order chi connectivity index (χ0) is 8.91. The monoisotopic (exact) mass is 175 g/mol. The van der Waals surface area contributed by atoms with E-state index < -0.39 is 11.0 Å². The second-order valence-corrected chi connectivity index (χ2v) is 5.37. The summed E-state index contributed by atoms with van der Waals surface area (Å²) >= 11 is 0. The standard InChI is InChI=1S/C8H17NOS/c1-5-6-7-9-11(10)8(2,3)4/h7H,5-6H2,1-4H3/b9-7-/t11-/m1/s1. The summed E-state index contributed by atoms with van der Waals surface area (Å²) in [5.74, 6) is 0. The van der Waals surface area contributed by atoms with Gasteiger partial charge in [0.1, 0.15) is 11.0 Å². The van der Waals surface area contributed by atoms with Crippen molar-refractivity contribution in [1.82, 2.24) is 0 Å². The number of rotatable bonds is 3. The van der Waals surface area contributed by atoms with E-state index in [4.69, 9.17) is 0 Å². The molecule has 0 N–H and O–H groups in total. The van der Waals surface area contributed by atoms with Crippen LogP contribution in [0.5, 0.6) is 0 Å². The Morgan fingerprint density at radius 2 is 2.00 bits per heavy atom. The molecule has 2 nitrogen and oxygen atoms in total. The molecule has 0 saturated carbocycles. The molecular formula is C8H17NOS. The van der Waals surface area contributed by atoms with E-state index in [1.54, 1.807) is 6.21 Å². The van der Waals surface area contributed by atoms with Crippen LogP contribution in [0.15, 0.2) is 4.40 Å². The fourth-order valence-electron chi connectivity index (χ4n) is 0.408. The first-order valence-electron chi connectivity index (χ1n) is 3.93. The normalized spacial score (nSPS) is 15.6. The minimum absolute atomic E-state index is 0.218. The Balaban J connectivity index is 3.88. The van der Waals surface area contributed by atoms with E-state index in [-0.39, 0.29) is 4.75 Å². The molecule has 0 fully saturated rings. The van der Waals surface area contributed by atoms with Gasteiger partial charge in [0, 0.05) is 6.21 Å². The molecule has 66 valence electrons. The van der Waals surface area contributed by atoms with Crippen molar-refractivity contribution in [3.63, 3.8) is 0 Å². The third-order valence-electron chi connectivity index (χ3n) is 1.11. The van der Waals surface area contributed by atoms with Crippen molar-refractivity contribution >= 4 is 17.2 Å². The van der Waals surface area contributed by atoms with Crippen LogP contribution < -0.4 is 0 Å². The minimum Gasteiger partial charge on any atom is -0.234 e. The van der Waals surface area contributed by atoms with Crippen molar-refractivity contribution in [2.24, 2.45) is 4.40 Å². The van der Waals surface area contributed by atoms with Gasteiger partial charge in [0.05, 0.1) is 4.75 Å². The summed E-state index contributed by atoms with van der Waals surface area (Å²) < 4.78 is 15.0. The molecule has 0 unspecified atom stereocenters. The van der Waals surface area contributed by atoms with Crippen molar-refractivity contribution in [3.05, 3.63) is 0 Å². The van der Waals surface area contributed by atoms with Crippen LogP contribution in [0.3, 0.4) is 0 Å². The first-order chi connectivity index (χ1) is 4.98. The van der Waals surface area contributed by atoms with E-state index >= 15 is 0 Å². The van der Waals surface area contributed by atoms with E-state index in [2.05, 4.69) is 11.3 Å². The SMILES string of the molecule is CCC/C=N\[S@](=O)C(C)(C)C. The van der Waals surface area contributed by atoms with Gasteiger partial charge in [-0.05, 0) is 27.2 Å². The zero-order valence-corrected chi connectivity index (χ0v) is 8.57. The summed E-state index contributed by atoms with van der Waals surface area (Å²) in [7, 11) is -1.07. The van der Waals surface area contributed by atoms with E-state index in [0.717, 1.165) is 12.8 Å². The van der Waals surface area contributed by atoms with E-state index in [0.29, 0.717) is 0 Å². The topological polar surface area (TPSA) is 29.4 Å². The average Bonchev–Trinajstić information content (AvgIpc) is 1.86. The Kier molecular flexibility index (Phi) is 4.57. The third-order valence-corrected chi connectivity index (χ3v) is 2.50. The van der Waals surface area contributed by atoms with Crippen molar-refractivity contribution < 1.29 is 4.21 Å². The molecule has 1 atom stereocenters. The van der Waals surface area contributed by atoms with Crippen molar-refractivity contribution in [2.75, 3.05) is 0 Å². The van der Waals surface area contributed by atoms with Gasteiger partial charge >= 0.3 is 0 Å². The van der Waals surface area contributed by atoms with Crippen LogP contribution in [0.2, 0.25) is 0 Å². The fourth-order valence-corrected chi connectivity index (χ4v) is 0.965. The summed E-state index contributed by atoms with van der Waals surface area (Å²) in [6.45, 7) is 7.84. The molecule has 0 spiro atoms. The lowest BCUT2D eigenvalue weighted by Gasteiger charge is -2.12. The molecule has 0 aromatic heterocycles. The van der Waals surface area contributed by atoms with Crippen molar-refractivity contribution in [2.45, 2.75) is 45.3 Å². The van der Waals surface area contributed by atoms with Crippen LogP contribution >= 0.6 is 0 Å². The second-order valence-electron chi connectivity index (χ2n) is 3.44. The summed E-state index contributed by atoms with van der Waals surface area (Å²) in [4.78, 5) is 0. The molecule has 0 rings (SSSR count). The second kappa shape index (κ2) is 4.65. The quantitative estimate of drug-likeness (QED) is 0.605. The Labute approximate surface area is 71.7 Å². The molecule has 0 amide bonds. The number of hydrogen-bond acceptors (Lipinski definition) is 1. The summed E-state index contributed by atoms with van der Waals surface area (Å²) in [6.07, 6.45) is 3.73. The highest BCUT2D eigenvalue weighted by Crippen LogP contribution is 2.11. The highest BCUT2D eigenvalue weighted by molar-refractivity contribution is 7.85. The van der Waals surface area contributed by atoms with Crippen molar-refractivity contribution in [1.29, 1.82) is 0 Å². The molecule has 0 aliphatic rings. The van der Waals surface area contributed by atoms with Gasteiger partial charge in [-0.25, -0.2) is 4.21 Å². The lowest BCUT2D eigenvalue weighted by molar-refractivity contribution is 0.650. The van der Waals surface area contributed by atoms with Gasteiger partial charge in [0.25, 0.3) is 0 Å². The molecular weight excluding hydrogens is 158 g/mol. The van der Waals surface area contributed by atoms with Crippen LogP contribution in [0, 0.1) is 0 Å². The Morgan fingerprint density at radius 3 is 2.36 bits per heavy atom. The van der Waals surface area contributed by atoms with Gasteiger partial charge in [-0.2, -0.15) is 4.40 Å². The van der Waals surface area contributed by atoms with Crippen LogP contribution in [-0.2, 0) is 11.0 Å². The Bertz CT molecular complexity index is 158. The maximum Gasteiger partial charge on any atom is 0.144 e. The first kappa shape index (κ1) is 10.8. The van der Waals surface area contributed by atoms with Crippen molar-refractivity contribution in [3.8, 4) is 0 Å². The van der Waals surface area contributed by atoms with Gasteiger partial charge < -0.3 is 0 Å². The van der Waals surface area contributed by atoms with E-state index in [1.807, 2.05) is 20.8 Å². The molecule has 0 saturated heterocycles. The summed E-state index contributed by atoms with van der Waals surface area (Å²) in [5.41, 5.74) is 0. The zero-order valence-electron chi connectivity index (χ0n) is 7.76. The lowest BCUT2D eigenvalue weighted by atomic mass is 10.3. The summed E-state index contributed by atoms with van der Waals surface area (Å²) in [5, 5.41) is 0. The highest BCUT2D eigenvalue weighted by Gasteiger charge is 2.17. The predicted molar refractivity (Wildman–Crippen MR) is 51.3 cm³/mol. The maximum atomic E-state index is 11.3. The Morgan fingerprint density at radius 1 is 1.45 bits per heavy atom. The molecule has 11 heavy (non-hydrogen) atoms. The number of unbranched alkanes of at least 4 members (excludes halogenated alkanes) is 1. The van der Waals surface area contributed by atoms with Gasteiger partial charge in [0.15, 0.2) is 0 Å². The van der Waals surface area contributed by atoms with Gasteiger partial charge in [-0.15, -0.1) is 0 Å². The first-order valence-corrected chi connectivity index (χ1v) is 5.03.